The molecule has 0 atom stereocenters. The van der Waals surface area contributed by atoms with Crippen LogP contribution in [0.3, 0.4) is 0 Å². The third-order valence-corrected chi connectivity index (χ3v) is 3.11. The van der Waals surface area contributed by atoms with E-state index in [1.165, 1.54) is 5.56 Å². The predicted molar refractivity (Wildman–Crippen MR) is 87.3 cm³/mol. The smallest absolute Gasteiger partial charge is 0.129 e. The van der Waals surface area contributed by atoms with E-state index >= 15 is 0 Å². The molecule has 0 fully saturated rings. The van der Waals surface area contributed by atoms with Crippen LogP contribution >= 0.6 is 0 Å². The Morgan fingerprint density at radius 3 is 2.45 bits per heavy atom. The van der Waals surface area contributed by atoms with Gasteiger partial charge >= 0.3 is 0 Å². The summed E-state index contributed by atoms with van der Waals surface area (Å²) in [4.78, 5) is 9.35. The normalized spacial score (nSPS) is 11.4. The van der Waals surface area contributed by atoms with Crippen LogP contribution in [0.5, 0.6) is 0 Å². The summed E-state index contributed by atoms with van der Waals surface area (Å²) in [6.45, 7) is 10.6. The number of anilines is 1. The van der Waals surface area contributed by atoms with Crippen molar-refractivity contribution in [1.29, 1.82) is 0 Å². The fourth-order valence-electron chi connectivity index (χ4n) is 2.25. The number of nitrogens with zero attached hydrogens (tertiary/aromatic N) is 3. The van der Waals surface area contributed by atoms with Gasteiger partial charge in [0.1, 0.15) is 5.82 Å². The molecule has 0 amide bonds. The molecule has 4 heteroatoms. The van der Waals surface area contributed by atoms with E-state index in [0.717, 1.165) is 37.7 Å². The molecule has 0 bridgehead atoms. The largest absolute Gasteiger partial charge is 0.355 e. The van der Waals surface area contributed by atoms with Crippen molar-refractivity contribution in [2.45, 2.75) is 27.3 Å². The summed E-state index contributed by atoms with van der Waals surface area (Å²) in [7, 11) is 6.21. The predicted octanol–water partition coefficient (Wildman–Crippen LogP) is 2.13. The zero-order chi connectivity index (χ0) is 15.1. The van der Waals surface area contributed by atoms with E-state index in [4.69, 9.17) is 4.98 Å². The molecular formula is C16H30N4. The van der Waals surface area contributed by atoms with Gasteiger partial charge in [-0.15, -0.1) is 0 Å². The van der Waals surface area contributed by atoms with Crippen LogP contribution in [0.4, 0.5) is 5.82 Å². The van der Waals surface area contributed by atoms with Crippen LogP contribution in [0, 0.1) is 12.8 Å². The Morgan fingerprint density at radius 1 is 1.20 bits per heavy atom. The van der Waals surface area contributed by atoms with E-state index in [2.05, 4.69) is 62.1 Å². The summed E-state index contributed by atoms with van der Waals surface area (Å²) >= 11 is 0. The molecule has 1 aromatic rings. The van der Waals surface area contributed by atoms with Crippen molar-refractivity contribution >= 4 is 5.82 Å². The molecule has 0 aromatic carbocycles. The van der Waals surface area contributed by atoms with Crippen LogP contribution in [0.1, 0.15) is 25.1 Å². The van der Waals surface area contributed by atoms with Crippen LogP contribution < -0.4 is 10.2 Å². The molecule has 0 aliphatic heterocycles. The van der Waals surface area contributed by atoms with Gasteiger partial charge in [0.2, 0.25) is 0 Å². The number of likely N-dealkylation sites (N-methyl/N-ethyl adjacent to an activating group) is 1. The van der Waals surface area contributed by atoms with Crippen molar-refractivity contribution in [3.05, 3.63) is 23.4 Å². The van der Waals surface area contributed by atoms with Crippen molar-refractivity contribution in [2.24, 2.45) is 5.92 Å². The van der Waals surface area contributed by atoms with Gasteiger partial charge in [-0.05, 0) is 51.7 Å². The number of rotatable bonds is 8. The van der Waals surface area contributed by atoms with E-state index in [0.29, 0.717) is 5.92 Å². The summed E-state index contributed by atoms with van der Waals surface area (Å²) < 4.78 is 0. The van der Waals surface area contributed by atoms with Gasteiger partial charge in [-0.3, -0.25) is 0 Å². The van der Waals surface area contributed by atoms with E-state index in [-0.39, 0.29) is 0 Å². The molecule has 0 unspecified atom stereocenters. The first-order valence-electron chi connectivity index (χ1n) is 7.44. The van der Waals surface area contributed by atoms with Crippen LogP contribution in [-0.2, 0) is 6.54 Å². The Kier molecular flexibility index (Phi) is 6.96. The molecule has 1 N–H and O–H groups in total. The number of pyridine rings is 1. The Bertz CT molecular complexity index is 401. The summed E-state index contributed by atoms with van der Waals surface area (Å²) in [6.07, 6.45) is 0. The highest BCUT2D eigenvalue weighted by Crippen LogP contribution is 2.16. The minimum atomic E-state index is 0.632. The van der Waals surface area contributed by atoms with Crippen LogP contribution in [0.15, 0.2) is 12.1 Å². The first kappa shape index (κ1) is 16.9. The molecule has 114 valence electrons. The topological polar surface area (TPSA) is 31.4 Å². The molecule has 0 saturated carbocycles. The van der Waals surface area contributed by atoms with Crippen LogP contribution in [0.2, 0.25) is 0 Å². The molecule has 0 aliphatic rings. The quantitative estimate of drug-likeness (QED) is 0.789. The third-order valence-electron chi connectivity index (χ3n) is 3.11. The lowest BCUT2D eigenvalue weighted by Gasteiger charge is -2.27. The lowest BCUT2D eigenvalue weighted by atomic mass is 10.1. The van der Waals surface area contributed by atoms with Gasteiger partial charge in [0.25, 0.3) is 0 Å². The van der Waals surface area contributed by atoms with Gasteiger partial charge in [-0.1, -0.05) is 13.8 Å². The minimum absolute atomic E-state index is 0.632. The SMILES string of the molecule is CNCc1cc(C)nc(N(CCN(C)C)CC(C)C)c1. The molecule has 0 saturated heterocycles. The molecule has 1 rings (SSSR count). The molecule has 4 nitrogen and oxygen atoms in total. The first-order chi connectivity index (χ1) is 9.42. The van der Waals surface area contributed by atoms with Gasteiger partial charge in [0.15, 0.2) is 0 Å². The number of aromatic nitrogens is 1. The molecule has 0 radical (unpaired) electrons. The van der Waals surface area contributed by atoms with Crippen LogP contribution in [-0.4, -0.2) is 50.7 Å². The Hall–Kier alpha value is -1.13. The van der Waals surface area contributed by atoms with Gasteiger partial charge in [0.05, 0.1) is 0 Å². The molecule has 1 aromatic heterocycles. The first-order valence-corrected chi connectivity index (χ1v) is 7.44. The van der Waals surface area contributed by atoms with E-state index in [1.54, 1.807) is 0 Å². The second-order valence-electron chi connectivity index (χ2n) is 6.15. The lowest BCUT2D eigenvalue weighted by Crippen LogP contribution is -2.35. The highest BCUT2D eigenvalue weighted by Gasteiger charge is 2.11. The van der Waals surface area contributed by atoms with Crippen molar-refractivity contribution in [3.63, 3.8) is 0 Å². The maximum absolute atomic E-state index is 4.73. The van der Waals surface area contributed by atoms with Gasteiger partial charge < -0.3 is 15.1 Å². The molecule has 1 heterocycles. The zero-order valence-electron chi connectivity index (χ0n) is 13.9. The van der Waals surface area contributed by atoms with Crippen molar-refractivity contribution in [3.8, 4) is 0 Å². The summed E-state index contributed by atoms with van der Waals surface area (Å²) in [5, 5.41) is 3.21. The van der Waals surface area contributed by atoms with Gasteiger partial charge in [-0.2, -0.15) is 0 Å². The summed E-state index contributed by atoms with van der Waals surface area (Å²) in [5.74, 6) is 1.73. The minimum Gasteiger partial charge on any atom is -0.355 e. The number of hydrogen-bond acceptors (Lipinski definition) is 4. The molecule has 0 spiro atoms. The van der Waals surface area contributed by atoms with Gasteiger partial charge in [0, 0.05) is 31.9 Å². The molecule has 0 aliphatic carbocycles. The number of aryl methyl sites for hydroxylation is 1. The fourth-order valence-corrected chi connectivity index (χ4v) is 2.25. The monoisotopic (exact) mass is 278 g/mol. The highest BCUT2D eigenvalue weighted by molar-refractivity contribution is 5.42. The highest BCUT2D eigenvalue weighted by atomic mass is 15.2. The number of hydrogen-bond donors (Lipinski definition) is 1. The second-order valence-corrected chi connectivity index (χ2v) is 6.15. The fraction of sp³-hybridized carbons (Fsp3) is 0.688. The zero-order valence-corrected chi connectivity index (χ0v) is 13.9. The Labute approximate surface area is 124 Å². The maximum atomic E-state index is 4.73. The van der Waals surface area contributed by atoms with Gasteiger partial charge in [-0.25, -0.2) is 4.98 Å². The van der Waals surface area contributed by atoms with E-state index in [1.807, 2.05) is 7.05 Å². The molecular weight excluding hydrogens is 248 g/mol. The summed E-state index contributed by atoms with van der Waals surface area (Å²) in [6, 6.07) is 4.36. The standard InChI is InChI=1S/C16H30N4/c1-13(2)12-20(8-7-19(5)6)16-10-15(11-17-4)9-14(3)18-16/h9-10,13,17H,7-8,11-12H2,1-6H3. The average molecular weight is 278 g/mol. The summed E-state index contributed by atoms with van der Waals surface area (Å²) in [5.41, 5.74) is 2.39. The Morgan fingerprint density at radius 2 is 1.90 bits per heavy atom. The maximum Gasteiger partial charge on any atom is 0.129 e. The van der Waals surface area contributed by atoms with Crippen LogP contribution in [0.25, 0.3) is 0 Å². The number of nitrogens with one attached hydrogen (secondary N) is 1. The van der Waals surface area contributed by atoms with Crippen molar-refractivity contribution < 1.29 is 0 Å². The van der Waals surface area contributed by atoms with Crippen molar-refractivity contribution in [2.75, 3.05) is 45.7 Å². The lowest BCUT2D eigenvalue weighted by molar-refractivity contribution is 0.408. The average Bonchev–Trinajstić information content (AvgIpc) is 2.33. The van der Waals surface area contributed by atoms with E-state index in [9.17, 15) is 0 Å². The Balaban J connectivity index is 2.92. The van der Waals surface area contributed by atoms with E-state index < -0.39 is 0 Å². The second kappa shape index (κ2) is 8.22. The van der Waals surface area contributed by atoms with Crippen molar-refractivity contribution in [1.82, 2.24) is 15.2 Å². The molecule has 20 heavy (non-hydrogen) atoms. The third kappa shape index (κ3) is 5.88.